The minimum Gasteiger partial charge on any atom is -0.368 e. The summed E-state index contributed by atoms with van der Waals surface area (Å²) in [6.45, 7) is 5.21. The average molecular weight is 290 g/mol. The molecule has 1 aromatic rings. The summed E-state index contributed by atoms with van der Waals surface area (Å²) in [5.74, 6) is -1.03. The Morgan fingerprint density at radius 2 is 1.71 bits per heavy atom. The van der Waals surface area contributed by atoms with Crippen molar-refractivity contribution < 1.29 is 14.4 Å². The SMILES string of the molecule is CC(=O)C(NC(CC(C)C)C(N)=O)C(=O)c1ccccc1. The Hall–Kier alpha value is -2.01. The lowest BCUT2D eigenvalue weighted by atomic mass is 9.97. The van der Waals surface area contributed by atoms with Crippen molar-refractivity contribution in [3.05, 3.63) is 35.9 Å². The molecule has 0 heterocycles. The lowest BCUT2D eigenvalue weighted by molar-refractivity contribution is -0.121. The van der Waals surface area contributed by atoms with Crippen molar-refractivity contribution in [3.63, 3.8) is 0 Å². The summed E-state index contributed by atoms with van der Waals surface area (Å²) in [6, 6.07) is 6.77. The summed E-state index contributed by atoms with van der Waals surface area (Å²) in [5.41, 5.74) is 5.78. The van der Waals surface area contributed by atoms with Gasteiger partial charge in [-0.3, -0.25) is 19.7 Å². The van der Waals surface area contributed by atoms with Crippen molar-refractivity contribution in [3.8, 4) is 0 Å². The fourth-order valence-corrected chi connectivity index (χ4v) is 2.09. The van der Waals surface area contributed by atoms with Crippen LogP contribution in [-0.4, -0.2) is 29.6 Å². The molecule has 5 nitrogen and oxygen atoms in total. The zero-order chi connectivity index (χ0) is 16.0. The Labute approximate surface area is 124 Å². The number of benzene rings is 1. The molecular weight excluding hydrogens is 268 g/mol. The molecule has 1 rings (SSSR count). The molecule has 0 saturated heterocycles. The van der Waals surface area contributed by atoms with Gasteiger partial charge in [-0.1, -0.05) is 44.2 Å². The van der Waals surface area contributed by atoms with E-state index in [2.05, 4.69) is 5.32 Å². The van der Waals surface area contributed by atoms with E-state index in [0.29, 0.717) is 12.0 Å². The third-order valence-electron chi connectivity index (χ3n) is 3.15. The minimum absolute atomic E-state index is 0.217. The molecule has 114 valence electrons. The number of primary amides is 1. The van der Waals surface area contributed by atoms with Crippen molar-refractivity contribution in [2.24, 2.45) is 11.7 Å². The quantitative estimate of drug-likeness (QED) is 0.558. The Morgan fingerprint density at radius 3 is 2.14 bits per heavy atom. The highest BCUT2D eigenvalue weighted by atomic mass is 16.2. The zero-order valence-corrected chi connectivity index (χ0v) is 12.6. The molecule has 0 aliphatic rings. The molecule has 0 aliphatic heterocycles. The van der Waals surface area contributed by atoms with E-state index in [9.17, 15) is 14.4 Å². The van der Waals surface area contributed by atoms with Crippen LogP contribution in [0.5, 0.6) is 0 Å². The number of nitrogens with two attached hydrogens (primary N) is 1. The fraction of sp³-hybridized carbons (Fsp3) is 0.438. The van der Waals surface area contributed by atoms with Crippen molar-refractivity contribution in [1.29, 1.82) is 0 Å². The molecule has 0 aliphatic carbocycles. The van der Waals surface area contributed by atoms with E-state index >= 15 is 0 Å². The molecule has 2 atom stereocenters. The molecule has 1 amide bonds. The largest absolute Gasteiger partial charge is 0.368 e. The molecule has 21 heavy (non-hydrogen) atoms. The number of ketones is 2. The van der Waals surface area contributed by atoms with Gasteiger partial charge in [0.2, 0.25) is 5.91 Å². The maximum Gasteiger partial charge on any atom is 0.234 e. The number of carbonyl (C=O) groups is 3. The number of hydrogen-bond acceptors (Lipinski definition) is 4. The molecule has 0 bridgehead atoms. The summed E-state index contributed by atoms with van der Waals surface area (Å²) in [7, 11) is 0. The van der Waals surface area contributed by atoms with Crippen LogP contribution in [0.2, 0.25) is 0 Å². The van der Waals surface area contributed by atoms with E-state index in [-0.39, 0.29) is 17.5 Å². The molecule has 2 unspecified atom stereocenters. The normalized spacial score (nSPS) is 13.7. The molecule has 3 N–H and O–H groups in total. The second-order valence-corrected chi connectivity index (χ2v) is 5.53. The first-order valence-electron chi connectivity index (χ1n) is 6.98. The highest BCUT2D eigenvalue weighted by Gasteiger charge is 2.29. The molecule has 0 aromatic heterocycles. The van der Waals surface area contributed by atoms with Crippen LogP contribution in [0.4, 0.5) is 0 Å². The van der Waals surface area contributed by atoms with Gasteiger partial charge < -0.3 is 5.73 Å². The van der Waals surface area contributed by atoms with Gasteiger partial charge >= 0.3 is 0 Å². The summed E-state index contributed by atoms with van der Waals surface area (Å²) >= 11 is 0. The Kier molecular flexibility index (Phi) is 6.24. The number of Topliss-reactive ketones (excluding diaryl/α,β-unsaturated/α-hetero) is 2. The van der Waals surface area contributed by atoms with E-state index in [1.54, 1.807) is 30.3 Å². The van der Waals surface area contributed by atoms with Gasteiger partial charge in [0.05, 0.1) is 6.04 Å². The van der Waals surface area contributed by atoms with Gasteiger partial charge in [0.15, 0.2) is 11.6 Å². The van der Waals surface area contributed by atoms with Gasteiger partial charge in [-0.15, -0.1) is 0 Å². The topological polar surface area (TPSA) is 89.3 Å². The average Bonchev–Trinajstić information content (AvgIpc) is 2.42. The third kappa shape index (κ3) is 5.11. The summed E-state index contributed by atoms with van der Waals surface area (Å²) in [6.07, 6.45) is 0.473. The van der Waals surface area contributed by atoms with Gasteiger partial charge in [0.25, 0.3) is 0 Å². The van der Waals surface area contributed by atoms with Crippen LogP contribution in [0, 0.1) is 5.92 Å². The van der Waals surface area contributed by atoms with Crippen LogP contribution in [-0.2, 0) is 9.59 Å². The molecule has 0 saturated carbocycles. The highest BCUT2D eigenvalue weighted by Crippen LogP contribution is 2.09. The lowest BCUT2D eigenvalue weighted by Gasteiger charge is -2.22. The van der Waals surface area contributed by atoms with Gasteiger partial charge in [-0.05, 0) is 19.3 Å². The maximum atomic E-state index is 12.4. The van der Waals surface area contributed by atoms with Gasteiger partial charge in [0.1, 0.15) is 6.04 Å². The van der Waals surface area contributed by atoms with Crippen LogP contribution in [0.3, 0.4) is 0 Å². The first-order chi connectivity index (χ1) is 9.82. The summed E-state index contributed by atoms with van der Waals surface area (Å²) < 4.78 is 0. The van der Waals surface area contributed by atoms with Crippen molar-refractivity contribution in [2.45, 2.75) is 39.3 Å². The molecule has 0 radical (unpaired) electrons. The third-order valence-corrected chi connectivity index (χ3v) is 3.15. The molecule has 0 spiro atoms. The van der Waals surface area contributed by atoms with Crippen molar-refractivity contribution in [2.75, 3.05) is 0 Å². The number of carbonyl (C=O) groups excluding carboxylic acids is 3. The number of nitrogens with one attached hydrogen (secondary N) is 1. The highest BCUT2D eigenvalue weighted by molar-refractivity contribution is 6.13. The lowest BCUT2D eigenvalue weighted by Crippen LogP contribution is -2.52. The minimum atomic E-state index is -1.05. The number of hydrogen-bond donors (Lipinski definition) is 2. The van der Waals surface area contributed by atoms with Gasteiger partial charge in [0, 0.05) is 5.56 Å². The Balaban J connectivity index is 2.93. The molecule has 0 fully saturated rings. The second kappa shape index (κ2) is 7.69. The van der Waals surface area contributed by atoms with Crippen LogP contribution in [0.25, 0.3) is 0 Å². The van der Waals surface area contributed by atoms with Crippen molar-refractivity contribution >= 4 is 17.5 Å². The fourth-order valence-electron chi connectivity index (χ4n) is 2.09. The van der Waals surface area contributed by atoms with E-state index in [1.165, 1.54) is 6.92 Å². The van der Waals surface area contributed by atoms with Gasteiger partial charge in [-0.2, -0.15) is 0 Å². The van der Waals surface area contributed by atoms with Crippen LogP contribution < -0.4 is 11.1 Å². The Morgan fingerprint density at radius 1 is 1.14 bits per heavy atom. The second-order valence-electron chi connectivity index (χ2n) is 5.53. The monoisotopic (exact) mass is 290 g/mol. The van der Waals surface area contributed by atoms with Crippen molar-refractivity contribution in [1.82, 2.24) is 5.32 Å². The Bertz CT molecular complexity index is 512. The van der Waals surface area contributed by atoms with E-state index in [4.69, 9.17) is 5.73 Å². The smallest absolute Gasteiger partial charge is 0.234 e. The van der Waals surface area contributed by atoms with Crippen LogP contribution in [0.15, 0.2) is 30.3 Å². The standard InChI is InChI=1S/C16H22N2O3/c1-10(2)9-13(16(17)21)18-14(11(3)19)15(20)12-7-5-4-6-8-12/h4-8,10,13-14,18H,9H2,1-3H3,(H2,17,21). The summed E-state index contributed by atoms with van der Waals surface area (Å²) in [4.78, 5) is 35.7. The van der Waals surface area contributed by atoms with E-state index < -0.39 is 18.0 Å². The number of rotatable bonds is 8. The van der Waals surface area contributed by atoms with Crippen LogP contribution in [0.1, 0.15) is 37.6 Å². The molecule has 5 heteroatoms. The van der Waals surface area contributed by atoms with E-state index in [1.807, 2.05) is 13.8 Å². The summed E-state index contributed by atoms with van der Waals surface area (Å²) in [5, 5.41) is 2.81. The first-order valence-corrected chi connectivity index (χ1v) is 6.98. The predicted molar refractivity (Wildman–Crippen MR) is 80.8 cm³/mol. The van der Waals surface area contributed by atoms with E-state index in [0.717, 1.165) is 0 Å². The first kappa shape index (κ1) is 17.0. The number of amides is 1. The molecular formula is C16H22N2O3. The predicted octanol–water partition coefficient (Wildman–Crippen LogP) is 1.32. The maximum absolute atomic E-state index is 12.4. The van der Waals surface area contributed by atoms with Crippen LogP contribution >= 0.6 is 0 Å². The molecule has 1 aromatic carbocycles. The van der Waals surface area contributed by atoms with Gasteiger partial charge in [-0.25, -0.2) is 0 Å². The zero-order valence-electron chi connectivity index (χ0n) is 12.6.